The molecule has 2 aromatic carbocycles. The highest BCUT2D eigenvalue weighted by atomic mass is 35.5. The van der Waals surface area contributed by atoms with Gasteiger partial charge in [-0.25, -0.2) is 0 Å². The monoisotopic (exact) mass is 384 g/mol. The van der Waals surface area contributed by atoms with E-state index in [1.54, 1.807) is 4.90 Å². The maximum Gasteiger partial charge on any atom is 0.229 e. The minimum absolute atomic E-state index is 0.0428. The smallest absolute Gasteiger partial charge is 0.229 e. The molecule has 0 spiro atoms. The number of para-hydroxylation sites is 1. The van der Waals surface area contributed by atoms with E-state index in [9.17, 15) is 9.59 Å². The Morgan fingerprint density at radius 1 is 1.19 bits per heavy atom. The molecule has 2 aromatic rings. The molecule has 1 saturated heterocycles. The quantitative estimate of drug-likeness (QED) is 0.797. The molecule has 1 aliphatic heterocycles. The van der Waals surface area contributed by atoms with E-state index in [4.69, 9.17) is 11.6 Å². The van der Waals surface area contributed by atoms with Crippen molar-refractivity contribution < 1.29 is 9.59 Å². The fourth-order valence-corrected chi connectivity index (χ4v) is 3.55. The van der Waals surface area contributed by atoms with Gasteiger partial charge < -0.3 is 10.2 Å². The van der Waals surface area contributed by atoms with Crippen molar-refractivity contribution in [2.75, 3.05) is 18.4 Å². The van der Waals surface area contributed by atoms with Gasteiger partial charge in [-0.3, -0.25) is 9.59 Å². The number of nitrogens with zero attached hydrogens (tertiary/aromatic N) is 1. The first kappa shape index (κ1) is 19.4. The van der Waals surface area contributed by atoms with Crippen LogP contribution in [0.3, 0.4) is 0 Å². The Bertz CT molecular complexity index is 817. The third-order valence-corrected chi connectivity index (χ3v) is 5.26. The second kappa shape index (κ2) is 8.57. The van der Waals surface area contributed by atoms with Crippen LogP contribution in [0.25, 0.3) is 0 Å². The molecule has 1 aliphatic rings. The SMILES string of the molecule is CC(C)c1ccccc1NC(=O)C1CC(=O)N(CCc2ccc(Cl)cc2)C1. The fraction of sp³-hybridized carbons (Fsp3) is 0.364. The molecule has 5 heteroatoms. The van der Waals surface area contributed by atoms with Crippen LogP contribution >= 0.6 is 11.6 Å². The Kier molecular flexibility index (Phi) is 6.17. The van der Waals surface area contributed by atoms with Crippen molar-refractivity contribution in [1.82, 2.24) is 4.90 Å². The summed E-state index contributed by atoms with van der Waals surface area (Å²) in [7, 11) is 0. The van der Waals surface area contributed by atoms with Crippen molar-refractivity contribution in [2.45, 2.75) is 32.6 Å². The lowest BCUT2D eigenvalue weighted by atomic mass is 10.0. The topological polar surface area (TPSA) is 49.4 Å². The third-order valence-electron chi connectivity index (χ3n) is 5.01. The number of nitrogens with one attached hydrogen (secondary N) is 1. The van der Waals surface area contributed by atoms with Crippen molar-refractivity contribution in [3.05, 3.63) is 64.7 Å². The van der Waals surface area contributed by atoms with Gasteiger partial charge in [0.2, 0.25) is 11.8 Å². The van der Waals surface area contributed by atoms with Crippen molar-refractivity contribution in [2.24, 2.45) is 5.92 Å². The van der Waals surface area contributed by atoms with E-state index >= 15 is 0 Å². The van der Waals surface area contributed by atoms with E-state index < -0.39 is 0 Å². The zero-order valence-electron chi connectivity index (χ0n) is 15.7. The molecule has 0 radical (unpaired) electrons. The van der Waals surface area contributed by atoms with Gasteiger partial charge in [-0.15, -0.1) is 0 Å². The first-order chi connectivity index (χ1) is 12.9. The van der Waals surface area contributed by atoms with Crippen LogP contribution < -0.4 is 5.32 Å². The molecule has 4 nitrogen and oxygen atoms in total. The minimum Gasteiger partial charge on any atom is -0.342 e. The van der Waals surface area contributed by atoms with Gasteiger partial charge in [0.05, 0.1) is 5.92 Å². The van der Waals surface area contributed by atoms with Gasteiger partial charge in [0, 0.05) is 30.2 Å². The van der Waals surface area contributed by atoms with E-state index in [1.807, 2.05) is 48.5 Å². The standard InChI is InChI=1S/C22H25ClN2O2/c1-15(2)19-5-3-4-6-20(19)24-22(27)17-13-21(26)25(14-17)12-11-16-7-9-18(23)10-8-16/h3-10,15,17H,11-14H2,1-2H3,(H,24,27). The predicted molar refractivity (Wildman–Crippen MR) is 109 cm³/mol. The number of hydrogen-bond acceptors (Lipinski definition) is 2. The summed E-state index contributed by atoms with van der Waals surface area (Å²) in [6, 6.07) is 15.5. The Hall–Kier alpha value is -2.33. The largest absolute Gasteiger partial charge is 0.342 e. The lowest BCUT2D eigenvalue weighted by molar-refractivity contribution is -0.128. The number of likely N-dealkylation sites (tertiary alicyclic amines) is 1. The summed E-state index contributed by atoms with van der Waals surface area (Å²) >= 11 is 5.90. The maximum atomic E-state index is 12.7. The van der Waals surface area contributed by atoms with Crippen molar-refractivity contribution in [3.8, 4) is 0 Å². The summed E-state index contributed by atoms with van der Waals surface area (Å²) in [6.45, 7) is 5.29. The van der Waals surface area contributed by atoms with Crippen molar-refractivity contribution in [3.63, 3.8) is 0 Å². The van der Waals surface area contributed by atoms with Gasteiger partial charge in [-0.05, 0) is 41.7 Å². The lowest BCUT2D eigenvalue weighted by Crippen LogP contribution is -2.30. The zero-order valence-corrected chi connectivity index (χ0v) is 16.5. The molecule has 0 aromatic heterocycles. The third kappa shape index (κ3) is 4.89. The van der Waals surface area contributed by atoms with E-state index in [1.165, 1.54) is 0 Å². The Morgan fingerprint density at radius 2 is 1.89 bits per heavy atom. The predicted octanol–water partition coefficient (Wildman–Crippen LogP) is 4.49. The highest BCUT2D eigenvalue weighted by molar-refractivity contribution is 6.30. The number of benzene rings is 2. The molecular formula is C22H25ClN2O2. The average molecular weight is 385 g/mol. The first-order valence-electron chi connectivity index (χ1n) is 9.36. The second-order valence-electron chi connectivity index (χ2n) is 7.35. The van der Waals surface area contributed by atoms with Crippen LogP contribution in [0.2, 0.25) is 5.02 Å². The van der Waals surface area contributed by atoms with Gasteiger partial charge in [-0.2, -0.15) is 0 Å². The molecule has 1 fully saturated rings. The summed E-state index contributed by atoms with van der Waals surface area (Å²) in [4.78, 5) is 26.8. The lowest BCUT2D eigenvalue weighted by Gasteiger charge is -2.18. The average Bonchev–Trinajstić information content (AvgIpc) is 3.02. The molecule has 1 N–H and O–H groups in total. The van der Waals surface area contributed by atoms with E-state index in [-0.39, 0.29) is 24.2 Å². The molecule has 2 amide bonds. The zero-order chi connectivity index (χ0) is 19.4. The van der Waals surface area contributed by atoms with Crippen LogP contribution in [-0.4, -0.2) is 29.8 Å². The van der Waals surface area contributed by atoms with Gasteiger partial charge in [0.1, 0.15) is 0 Å². The normalized spacial score (nSPS) is 16.8. The van der Waals surface area contributed by atoms with Crippen LogP contribution in [0, 0.1) is 5.92 Å². The number of halogens is 1. The van der Waals surface area contributed by atoms with Crippen LogP contribution in [-0.2, 0) is 16.0 Å². The number of hydrogen-bond donors (Lipinski definition) is 1. The molecule has 0 aliphatic carbocycles. The van der Waals surface area contributed by atoms with Gasteiger partial charge in [-0.1, -0.05) is 55.8 Å². The summed E-state index contributed by atoms with van der Waals surface area (Å²) in [6.07, 6.45) is 1.03. The fourth-order valence-electron chi connectivity index (χ4n) is 3.43. The summed E-state index contributed by atoms with van der Waals surface area (Å²) in [5.74, 6) is -0.0165. The molecule has 27 heavy (non-hydrogen) atoms. The van der Waals surface area contributed by atoms with E-state index in [0.717, 1.165) is 23.2 Å². The number of amides is 2. The minimum atomic E-state index is -0.303. The first-order valence-corrected chi connectivity index (χ1v) is 9.74. The van der Waals surface area contributed by atoms with Crippen LogP contribution in [0.1, 0.15) is 37.3 Å². The summed E-state index contributed by atoms with van der Waals surface area (Å²) in [5, 5.41) is 3.73. The highest BCUT2D eigenvalue weighted by Crippen LogP contribution is 2.26. The van der Waals surface area contributed by atoms with Gasteiger partial charge >= 0.3 is 0 Å². The van der Waals surface area contributed by atoms with E-state index in [0.29, 0.717) is 24.0 Å². The van der Waals surface area contributed by atoms with Gasteiger partial charge in [0.15, 0.2) is 0 Å². The maximum absolute atomic E-state index is 12.7. The van der Waals surface area contributed by atoms with Crippen LogP contribution in [0.5, 0.6) is 0 Å². The highest BCUT2D eigenvalue weighted by Gasteiger charge is 2.34. The Balaban J connectivity index is 1.58. The van der Waals surface area contributed by atoms with Crippen molar-refractivity contribution in [1.29, 1.82) is 0 Å². The second-order valence-corrected chi connectivity index (χ2v) is 7.78. The molecule has 142 valence electrons. The Labute approximate surface area is 165 Å². The number of carbonyl (C=O) groups excluding carboxylic acids is 2. The molecule has 0 bridgehead atoms. The van der Waals surface area contributed by atoms with Gasteiger partial charge in [0.25, 0.3) is 0 Å². The van der Waals surface area contributed by atoms with E-state index in [2.05, 4.69) is 19.2 Å². The number of anilines is 1. The van der Waals surface area contributed by atoms with Crippen LogP contribution in [0.4, 0.5) is 5.69 Å². The summed E-state index contributed by atoms with van der Waals surface area (Å²) < 4.78 is 0. The number of carbonyl (C=O) groups is 2. The van der Waals surface area contributed by atoms with Crippen LogP contribution in [0.15, 0.2) is 48.5 Å². The molecule has 1 heterocycles. The molecule has 1 unspecified atom stereocenters. The molecule has 3 rings (SSSR count). The summed E-state index contributed by atoms with van der Waals surface area (Å²) in [5.41, 5.74) is 3.07. The molecule has 0 saturated carbocycles. The molecule has 1 atom stereocenters. The van der Waals surface area contributed by atoms with Crippen molar-refractivity contribution >= 4 is 29.1 Å². The number of rotatable bonds is 6. The Morgan fingerprint density at radius 3 is 2.59 bits per heavy atom. The molecular weight excluding hydrogens is 360 g/mol.